The highest BCUT2D eigenvalue weighted by molar-refractivity contribution is 5.97. The molecule has 4 rings (SSSR count). The number of nitrogens with one attached hydrogen (secondary N) is 2. The number of aromatic amines is 2. The van der Waals surface area contributed by atoms with Gasteiger partial charge in [-0.2, -0.15) is 5.10 Å². The maximum atomic E-state index is 4.62. The third-order valence-corrected chi connectivity index (χ3v) is 5.36. The number of rotatable bonds is 5. The molecular formula is C29H33N5. The number of H-pyrrole nitrogens is 2. The molecule has 5 heteroatoms. The molecule has 34 heavy (non-hydrogen) atoms. The molecule has 174 valence electrons. The van der Waals surface area contributed by atoms with E-state index in [2.05, 4.69) is 68.1 Å². The summed E-state index contributed by atoms with van der Waals surface area (Å²) in [4.78, 5) is 12.2. The monoisotopic (exact) mass is 451 g/mol. The van der Waals surface area contributed by atoms with E-state index in [9.17, 15) is 0 Å². The summed E-state index contributed by atoms with van der Waals surface area (Å²) >= 11 is 0. The molecule has 1 aromatic carbocycles. The number of aromatic nitrogens is 4. The highest BCUT2D eigenvalue weighted by atomic mass is 15.1. The number of pyridine rings is 1. The topological polar surface area (TPSA) is 69.7 Å². The molecule has 3 aromatic heterocycles. The fourth-order valence-corrected chi connectivity index (χ4v) is 3.59. The molecule has 0 fully saturated rings. The summed E-state index contributed by atoms with van der Waals surface area (Å²) in [6.07, 6.45) is 9.61. The van der Waals surface area contributed by atoms with Gasteiger partial charge in [0.25, 0.3) is 0 Å². The second kappa shape index (κ2) is 11.2. The van der Waals surface area contributed by atoms with Gasteiger partial charge in [-0.15, -0.1) is 0 Å². The fourth-order valence-electron chi connectivity index (χ4n) is 3.59. The minimum absolute atomic E-state index is 0.857. The SMILES string of the molecule is C=C(/C=c1/c(-c2cc3c(-c4cccnc4)cccc3[nH]2)n[nH]/c1=C/C)/C(C)=C/N=C(C)C.CC. The third-order valence-electron chi connectivity index (χ3n) is 5.36. The lowest BCUT2D eigenvalue weighted by Gasteiger charge is -2.02. The molecule has 0 unspecified atom stereocenters. The van der Waals surface area contributed by atoms with E-state index >= 15 is 0 Å². The van der Waals surface area contributed by atoms with Gasteiger partial charge in [0, 0.05) is 46.0 Å². The lowest BCUT2D eigenvalue weighted by atomic mass is 10.0. The van der Waals surface area contributed by atoms with Gasteiger partial charge in [0.15, 0.2) is 0 Å². The third kappa shape index (κ3) is 5.31. The highest BCUT2D eigenvalue weighted by Crippen LogP contribution is 2.30. The average molecular weight is 452 g/mol. The Morgan fingerprint density at radius 1 is 1.09 bits per heavy atom. The number of hydrogen-bond donors (Lipinski definition) is 2. The van der Waals surface area contributed by atoms with Gasteiger partial charge in [0.2, 0.25) is 0 Å². The van der Waals surface area contributed by atoms with E-state index in [4.69, 9.17) is 0 Å². The Bertz CT molecular complexity index is 1460. The molecule has 0 radical (unpaired) electrons. The summed E-state index contributed by atoms with van der Waals surface area (Å²) in [5.41, 5.74) is 7.99. The smallest absolute Gasteiger partial charge is 0.116 e. The molecule has 5 nitrogen and oxygen atoms in total. The first-order valence-electron chi connectivity index (χ1n) is 11.6. The highest BCUT2D eigenvalue weighted by Gasteiger charge is 2.12. The molecule has 0 aliphatic rings. The summed E-state index contributed by atoms with van der Waals surface area (Å²) in [7, 11) is 0. The lowest BCUT2D eigenvalue weighted by molar-refractivity contribution is 1.06. The summed E-state index contributed by atoms with van der Waals surface area (Å²) in [5.74, 6) is 0. The predicted octanol–water partition coefficient (Wildman–Crippen LogP) is 6.17. The molecule has 0 spiro atoms. The Hall–Kier alpha value is -3.99. The van der Waals surface area contributed by atoms with Crippen LogP contribution >= 0.6 is 0 Å². The number of fused-ring (bicyclic) bond motifs is 1. The number of allylic oxidation sites excluding steroid dienone is 2. The van der Waals surface area contributed by atoms with Gasteiger partial charge in [-0.3, -0.25) is 15.1 Å². The molecule has 0 aliphatic carbocycles. The van der Waals surface area contributed by atoms with Gasteiger partial charge in [-0.05, 0) is 68.7 Å². The van der Waals surface area contributed by atoms with Crippen molar-refractivity contribution in [3.05, 3.63) is 83.3 Å². The van der Waals surface area contributed by atoms with Crippen LogP contribution in [0.15, 0.2) is 77.7 Å². The molecule has 0 saturated heterocycles. The Morgan fingerprint density at radius 3 is 2.56 bits per heavy atom. The zero-order valence-corrected chi connectivity index (χ0v) is 20.9. The molecule has 0 aliphatic heterocycles. The van der Waals surface area contributed by atoms with Crippen LogP contribution < -0.4 is 10.6 Å². The van der Waals surface area contributed by atoms with E-state index < -0.39 is 0 Å². The van der Waals surface area contributed by atoms with E-state index in [1.54, 1.807) is 6.20 Å². The van der Waals surface area contributed by atoms with Crippen molar-refractivity contribution in [1.29, 1.82) is 0 Å². The second-order valence-electron chi connectivity index (χ2n) is 7.94. The van der Waals surface area contributed by atoms with Gasteiger partial charge < -0.3 is 4.98 Å². The minimum Gasteiger partial charge on any atom is -0.353 e. The molecule has 0 bridgehead atoms. The van der Waals surface area contributed by atoms with Crippen LogP contribution in [0.2, 0.25) is 0 Å². The molecule has 4 aromatic rings. The van der Waals surface area contributed by atoms with Crippen LogP contribution in [-0.4, -0.2) is 25.9 Å². The van der Waals surface area contributed by atoms with Crippen molar-refractivity contribution in [2.45, 2.75) is 41.5 Å². The maximum Gasteiger partial charge on any atom is 0.116 e. The average Bonchev–Trinajstić information content (AvgIpc) is 3.47. The van der Waals surface area contributed by atoms with Crippen LogP contribution in [0, 0.1) is 0 Å². The quantitative estimate of drug-likeness (QED) is 0.281. The Balaban J connectivity index is 0.00000158. The number of hydrogen-bond acceptors (Lipinski definition) is 3. The number of nitrogens with zero attached hydrogens (tertiary/aromatic N) is 3. The van der Waals surface area contributed by atoms with Gasteiger partial charge in [-0.1, -0.05) is 44.7 Å². The first-order valence-corrected chi connectivity index (χ1v) is 11.6. The van der Waals surface area contributed by atoms with Crippen LogP contribution in [0.4, 0.5) is 0 Å². The molecule has 3 heterocycles. The summed E-state index contributed by atoms with van der Waals surface area (Å²) in [6.45, 7) is 16.2. The summed E-state index contributed by atoms with van der Waals surface area (Å²) < 4.78 is 0. The van der Waals surface area contributed by atoms with Gasteiger partial charge >= 0.3 is 0 Å². The van der Waals surface area contributed by atoms with Crippen LogP contribution in [0.1, 0.15) is 41.5 Å². The predicted molar refractivity (Wildman–Crippen MR) is 146 cm³/mol. The van der Waals surface area contributed by atoms with Crippen molar-refractivity contribution in [2.75, 3.05) is 0 Å². The lowest BCUT2D eigenvalue weighted by Crippen LogP contribution is -2.23. The largest absolute Gasteiger partial charge is 0.353 e. The van der Waals surface area contributed by atoms with Gasteiger partial charge in [-0.25, -0.2) is 0 Å². The summed E-state index contributed by atoms with van der Waals surface area (Å²) in [5, 5.41) is 10.9. The first kappa shape index (κ1) is 24.6. The molecule has 0 saturated carbocycles. The van der Waals surface area contributed by atoms with Gasteiger partial charge in [0.1, 0.15) is 5.69 Å². The zero-order chi connectivity index (χ0) is 24.7. The standard InChI is InChI=1S/C27H27N5.C2H6/c1-6-24-23(13-18(4)19(5)15-29-17(2)3)27(32-31-24)26-14-22-21(10-7-11-25(22)30-26)20-9-8-12-28-16-20;1-2/h6-16,30-31H,4H2,1-3,5H3;1-2H3/b19-15+,23-13+,24-6+;. The minimum atomic E-state index is 0.857. The second-order valence-corrected chi connectivity index (χ2v) is 7.94. The van der Waals surface area contributed by atoms with Crippen molar-refractivity contribution in [3.8, 4) is 22.5 Å². The van der Waals surface area contributed by atoms with Crippen molar-refractivity contribution < 1.29 is 0 Å². The van der Waals surface area contributed by atoms with Gasteiger partial charge in [0.05, 0.1) is 11.0 Å². The van der Waals surface area contributed by atoms with Crippen LogP contribution in [-0.2, 0) is 0 Å². The van der Waals surface area contributed by atoms with Crippen LogP contribution in [0.3, 0.4) is 0 Å². The molecule has 0 amide bonds. The van der Waals surface area contributed by atoms with E-state index in [0.29, 0.717) is 0 Å². The zero-order valence-electron chi connectivity index (χ0n) is 20.9. The Labute approximate surface area is 201 Å². The fraction of sp³-hybridized carbons (Fsp3) is 0.207. The molecular weight excluding hydrogens is 418 g/mol. The van der Waals surface area contributed by atoms with E-state index in [1.165, 1.54) is 0 Å². The van der Waals surface area contributed by atoms with Crippen molar-refractivity contribution in [1.82, 2.24) is 20.2 Å². The summed E-state index contributed by atoms with van der Waals surface area (Å²) in [6, 6.07) is 12.4. The molecule has 2 N–H and O–H groups in total. The van der Waals surface area contributed by atoms with Crippen molar-refractivity contribution in [3.63, 3.8) is 0 Å². The van der Waals surface area contributed by atoms with Crippen molar-refractivity contribution in [2.24, 2.45) is 4.99 Å². The Kier molecular flexibility index (Phi) is 8.14. The van der Waals surface area contributed by atoms with Crippen LogP contribution in [0.25, 0.3) is 45.6 Å². The van der Waals surface area contributed by atoms with Crippen molar-refractivity contribution >= 4 is 28.8 Å². The Morgan fingerprint density at radius 2 is 1.88 bits per heavy atom. The first-order chi connectivity index (χ1) is 16.5. The number of benzene rings is 1. The molecule has 0 atom stereocenters. The van der Waals surface area contributed by atoms with E-state index in [-0.39, 0.29) is 0 Å². The van der Waals surface area contributed by atoms with Crippen LogP contribution in [0.5, 0.6) is 0 Å². The normalized spacial score (nSPS) is 12.5. The van der Waals surface area contributed by atoms with E-state index in [1.807, 2.05) is 66.1 Å². The maximum absolute atomic E-state index is 4.62. The van der Waals surface area contributed by atoms with E-state index in [0.717, 1.165) is 60.8 Å². The number of aliphatic imine (C=N–C) groups is 1.